The number of hydrogen-bond acceptors (Lipinski definition) is 4. The van der Waals surface area contributed by atoms with Gasteiger partial charge in [0.2, 0.25) is 11.7 Å². The lowest BCUT2D eigenvalue weighted by atomic mass is 10.1. The highest BCUT2D eigenvalue weighted by Gasteiger charge is 2.12. The molecule has 4 nitrogen and oxygen atoms in total. The summed E-state index contributed by atoms with van der Waals surface area (Å²) in [5, 5.41) is 6.44. The van der Waals surface area contributed by atoms with Gasteiger partial charge in [-0.25, -0.2) is 0 Å². The molecule has 0 radical (unpaired) electrons. The first-order chi connectivity index (χ1) is 10.3. The van der Waals surface area contributed by atoms with Gasteiger partial charge in [-0.2, -0.15) is 4.98 Å². The van der Waals surface area contributed by atoms with Crippen molar-refractivity contribution in [2.24, 2.45) is 5.73 Å². The highest BCUT2D eigenvalue weighted by atomic mass is 16.5. The molecule has 1 unspecified atom stereocenters. The second kappa shape index (κ2) is 6.06. The van der Waals surface area contributed by atoms with Gasteiger partial charge in [0.25, 0.3) is 0 Å². The van der Waals surface area contributed by atoms with Crippen LogP contribution in [-0.2, 0) is 6.42 Å². The molecular formula is C17H19N3O. The molecule has 0 spiro atoms. The van der Waals surface area contributed by atoms with Crippen LogP contribution in [0.5, 0.6) is 0 Å². The molecule has 1 aromatic heterocycles. The maximum Gasteiger partial charge on any atom is 0.228 e. The fraction of sp³-hybridized carbons (Fsp3) is 0.294. The van der Waals surface area contributed by atoms with E-state index in [1.54, 1.807) is 0 Å². The van der Waals surface area contributed by atoms with Crippen LogP contribution < -0.4 is 5.73 Å². The topological polar surface area (TPSA) is 64.9 Å². The van der Waals surface area contributed by atoms with Crippen LogP contribution in [0, 0.1) is 0 Å². The van der Waals surface area contributed by atoms with Crippen LogP contribution >= 0.6 is 0 Å². The van der Waals surface area contributed by atoms with Gasteiger partial charge in [0.15, 0.2) is 0 Å². The van der Waals surface area contributed by atoms with Gasteiger partial charge in [-0.05, 0) is 23.3 Å². The Morgan fingerprint density at radius 3 is 2.76 bits per heavy atom. The smallest absolute Gasteiger partial charge is 0.228 e. The lowest BCUT2D eigenvalue weighted by Gasteiger charge is -2.05. The van der Waals surface area contributed by atoms with E-state index in [1.165, 1.54) is 10.8 Å². The zero-order valence-corrected chi connectivity index (χ0v) is 12.1. The van der Waals surface area contributed by atoms with Crippen LogP contribution in [0.1, 0.15) is 25.7 Å². The summed E-state index contributed by atoms with van der Waals surface area (Å²) in [5.41, 5.74) is 6.98. The van der Waals surface area contributed by atoms with Gasteiger partial charge in [-0.3, -0.25) is 0 Å². The van der Waals surface area contributed by atoms with Gasteiger partial charge in [0.1, 0.15) is 0 Å². The standard InChI is InChI=1S/C17H19N3O/c1-2-5-15(18)11-16-19-17(20-21-16)14-9-8-12-6-3-4-7-13(12)10-14/h3-4,6-10,15H,2,5,11,18H2,1H3. The Morgan fingerprint density at radius 1 is 1.14 bits per heavy atom. The minimum Gasteiger partial charge on any atom is -0.339 e. The van der Waals surface area contributed by atoms with E-state index < -0.39 is 0 Å². The molecule has 0 aliphatic heterocycles. The molecule has 3 rings (SSSR count). The first-order valence-electron chi connectivity index (χ1n) is 7.33. The summed E-state index contributed by atoms with van der Waals surface area (Å²) in [6.07, 6.45) is 2.66. The second-order valence-corrected chi connectivity index (χ2v) is 5.33. The summed E-state index contributed by atoms with van der Waals surface area (Å²) in [7, 11) is 0. The summed E-state index contributed by atoms with van der Waals surface area (Å²) in [6, 6.07) is 14.5. The summed E-state index contributed by atoms with van der Waals surface area (Å²) < 4.78 is 5.31. The predicted octanol–water partition coefficient (Wildman–Crippen LogP) is 3.56. The Hall–Kier alpha value is -2.20. The van der Waals surface area contributed by atoms with Gasteiger partial charge in [0, 0.05) is 18.0 Å². The van der Waals surface area contributed by atoms with E-state index in [2.05, 4.69) is 41.3 Å². The van der Waals surface area contributed by atoms with E-state index in [1.807, 2.05) is 18.2 Å². The van der Waals surface area contributed by atoms with E-state index in [0.717, 1.165) is 18.4 Å². The number of aromatic nitrogens is 2. The maximum atomic E-state index is 6.01. The van der Waals surface area contributed by atoms with E-state index >= 15 is 0 Å². The molecule has 1 heterocycles. The zero-order chi connectivity index (χ0) is 14.7. The van der Waals surface area contributed by atoms with E-state index in [-0.39, 0.29) is 6.04 Å². The van der Waals surface area contributed by atoms with Crippen LogP contribution in [0.2, 0.25) is 0 Å². The molecule has 2 aromatic carbocycles. The third-order valence-corrected chi connectivity index (χ3v) is 3.57. The molecule has 0 fully saturated rings. The third-order valence-electron chi connectivity index (χ3n) is 3.57. The predicted molar refractivity (Wildman–Crippen MR) is 83.8 cm³/mol. The second-order valence-electron chi connectivity index (χ2n) is 5.33. The molecule has 108 valence electrons. The number of nitrogens with two attached hydrogens (primary N) is 1. The van der Waals surface area contributed by atoms with Crippen LogP contribution in [0.25, 0.3) is 22.2 Å². The van der Waals surface area contributed by atoms with Gasteiger partial charge in [-0.15, -0.1) is 0 Å². The summed E-state index contributed by atoms with van der Waals surface area (Å²) in [6.45, 7) is 2.12. The Morgan fingerprint density at radius 2 is 1.95 bits per heavy atom. The highest BCUT2D eigenvalue weighted by Crippen LogP contribution is 2.22. The van der Waals surface area contributed by atoms with Crippen molar-refractivity contribution in [2.45, 2.75) is 32.2 Å². The minimum atomic E-state index is 0.0832. The van der Waals surface area contributed by atoms with Crippen molar-refractivity contribution in [1.29, 1.82) is 0 Å². The number of nitrogens with zero attached hydrogens (tertiary/aromatic N) is 2. The molecule has 0 aliphatic carbocycles. The molecule has 0 saturated heterocycles. The van der Waals surface area contributed by atoms with Gasteiger partial charge >= 0.3 is 0 Å². The van der Waals surface area contributed by atoms with Gasteiger partial charge in [-0.1, -0.05) is 54.9 Å². The molecule has 0 saturated carbocycles. The molecule has 4 heteroatoms. The molecule has 2 N–H and O–H groups in total. The van der Waals surface area contributed by atoms with Crippen molar-refractivity contribution in [2.75, 3.05) is 0 Å². The molecular weight excluding hydrogens is 262 g/mol. The zero-order valence-electron chi connectivity index (χ0n) is 12.1. The van der Waals surface area contributed by atoms with Gasteiger partial charge < -0.3 is 10.3 Å². The molecule has 0 aliphatic rings. The average molecular weight is 281 g/mol. The number of rotatable bonds is 5. The van der Waals surface area contributed by atoms with Crippen molar-refractivity contribution >= 4 is 10.8 Å². The third kappa shape index (κ3) is 3.11. The van der Waals surface area contributed by atoms with E-state index in [9.17, 15) is 0 Å². The van der Waals surface area contributed by atoms with Gasteiger partial charge in [0.05, 0.1) is 0 Å². The van der Waals surface area contributed by atoms with Crippen molar-refractivity contribution < 1.29 is 4.52 Å². The van der Waals surface area contributed by atoms with Crippen molar-refractivity contribution in [3.05, 3.63) is 48.4 Å². The fourth-order valence-corrected chi connectivity index (χ4v) is 2.48. The minimum absolute atomic E-state index is 0.0832. The van der Waals surface area contributed by atoms with Crippen LogP contribution in [-0.4, -0.2) is 16.2 Å². The number of fused-ring (bicyclic) bond motifs is 1. The van der Waals surface area contributed by atoms with E-state index in [4.69, 9.17) is 10.3 Å². The Kier molecular flexibility index (Phi) is 3.97. The normalized spacial score (nSPS) is 12.7. The summed E-state index contributed by atoms with van der Waals surface area (Å²) >= 11 is 0. The summed E-state index contributed by atoms with van der Waals surface area (Å²) in [4.78, 5) is 4.45. The quantitative estimate of drug-likeness (QED) is 0.776. The molecule has 1 atom stereocenters. The van der Waals surface area contributed by atoms with Crippen molar-refractivity contribution in [3.63, 3.8) is 0 Å². The number of benzene rings is 2. The Balaban J connectivity index is 1.84. The molecule has 3 aromatic rings. The lowest BCUT2D eigenvalue weighted by molar-refractivity contribution is 0.366. The fourth-order valence-electron chi connectivity index (χ4n) is 2.48. The van der Waals surface area contributed by atoms with Crippen LogP contribution in [0.15, 0.2) is 47.0 Å². The maximum absolute atomic E-state index is 6.01. The first kappa shape index (κ1) is 13.8. The summed E-state index contributed by atoms with van der Waals surface area (Å²) in [5.74, 6) is 1.23. The van der Waals surface area contributed by atoms with Crippen molar-refractivity contribution in [3.8, 4) is 11.4 Å². The lowest BCUT2D eigenvalue weighted by Crippen LogP contribution is -2.22. The molecule has 0 amide bonds. The first-order valence-corrected chi connectivity index (χ1v) is 7.33. The van der Waals surface area contributed by atoms with Crippen LogP contribution in [0.3, 0.4) is 0 Å². The number of hydrogen-bond donors (Lipinski definition) is 1. The van der Waals surface area contributed by atoms with Crippen molar-refractivity contribution in [1.82, 2.24) is 10.1 Å². The largest absolute Gasteiger partial charge is 0.339 e. The highest BCUT2D eigenvalue weighted by molar-refractivity contribution is 5.86. The van der Waals surface area contributed by atoms with E-state index in [0.29, 0.717) is 18.1 Å². The Bertz CT molecular complexity index is 735. The monoisotopic (exact) mass is 281 g/mol. The molecule has 0 bridgehead atoms. The van der Waals surface area contributed by atoms with Crippen LogP contribution in [0.4, 0.5) is 0 Å². The Labute approximate surface area is 124 Å². The SMILES string of the molecule is CCCC(N)Cc1nc(-c2ccc3ccccc3c2)no1. The average Bonchev–Trinajstić information content (AvgIpc) is 2.95. The molecule has 21 heavy (non-hydrogen) atoms.